The van der Waals surface area contributed by atoms with Crippen LogP contribution in [-0.4, -0.2) is 22.2 Å². The predicted octanol–water partition coefficient (Wildman–Crippen LogP) is -4.69. The van der Waals surface area contributed by atoms with Crippen LogP contribution in [0.25, 0.3) is 0 Å². The van der Waals surface area contributed by atoms with Crippen molar-refractivity contribution in [2.24, 2.45) is 0 Å². The van der Waals surface area contributed by atoms with Crippen molar-refractivity contribution in [1.29, 1.82) is 0 Å². The second kappa shape index (κ2) is 10.3. The second-order valence-electron chi connectivity index (χ2n) is 2.19. The molecule has 0 spiro atoms. The molecule has 0 aliphatic carbocycles. The molecule has 0 atom stereocenters. The molecule has 4 nitrogen and oxygen atoms in total. The van der Waals surface area contributed by atoms with Crippen molar-refractivity contribution in [3.8, 4) is 0 Å². The molecule has 15 heavy (non-hydrogen) atoms. The molecule has 0 saturated heterocycles. The normalized spacial score (nSPS) is 7.47. The fourth-order valence-corrected chi connectivity index (χ4v) is 0.755. The average molecular weight is 415 g/mol. The van der Waals surface area contributed by atoms with E-state index in [1.807, 2.05) is 0 Å². The summed E-state index contributed by atoms with van der Waals surface area (Å²) in [6.45, 7) is 0. The zero-order chi connectivity index (χ0) is 9.14. The summed E-state index contributed by atoms with van der Waals surface area (Å²) in [5.41, 5.74) is 0.167. The van der Waals surface area contributed by atoms with E-state index in [1.54, 1.807) is 0 Å². The van der Waals surface area contributed by atoms with Gasteiger partial charge in [-0.15, -0.1) is 0 Å². The second-order valence-corrected chi connectivity index (χ2v) is 2.19. The molecule has 1 rings (SSSR count). The number of hydrogen-bond acceptors (Lipinski definition) is 2. The van der Waals surface area contributed by atoms with E-state index in [1.165, 1.54) is 24.3 Å². The molecule has 0 unspecified atom stereocenters. The zero-order valence-electron chi connectivity index (χ0n) is 10.7. The number of benzene rings is 1. The fourth-order valence-electron chi connectivity index (χ4n) is 0.755. The third-order valence-corrected chi connectivity index (χ3v) is 1.38. The molecule has 0 fully saturated rings. The Labute approximate surface area is 155 Å². The summed E-state index contributed by atoms with van der Waals surface area (Å²) in [6, 6.07) is 5.02. The van der Waals surface area contributed by atoms with Crippen molar-refractivity contribution >= 4 is 11.9 Å². The van der Waals surface area contributed by atoms with E-state index < -0.39 is 11.9 Å². The molecule has 0 amide bonds. The van der Waals surface area contributed by atoms with Crippen molar-refractivity contribution < 1.29 is 109 Å². The van der Waals surface area contributed by atoms with Crippen LogP contribution < -0.4 is 59.1 Å². The number of aromatic carboxylic acids is 2. The molecule has 0 radical (unpaired) electrons. The Balaban J connectivity index is -0.0000000960. The van der Waals surface area contributed by atoms with E-state index in [0.29, 0.717) is 0 Å². The maximum atomic E-state index is 10.3. The molecule has 0 heterocycles. The Morgan fingerprint density at radius 2 is 1.07 bits per heavy atom. The monoisotopic (exact) mass is 416 g/mol. The van der Waals surface area contributed by atoms with Gasteiger partial charge < -0.3 is 13.1 Å². The Morgan fingerprint density at radius 3 is 1.20 bits per heavy atom. The Hall–Kier alpha value is 1.10. The molecular weight excluding hydrogens is 407 g/mol. The molecule has 2 N–H and O–H groups in total. The van der Waals surface area contributed by atoms with Gasteiger partial charge in [-0.3, -0.25) is 0 Å². The van der Waals surface area contributed by atoms with E-state index in [9.17, 15) is 9.59 Å². The quantitative estimate of drug-likeness (QED) is 0.477. The van der Waals surface area contributed by atoms with Gasteiger partial charge in [0, 0.05) is 27.7 Å². The third kappa shape index (κ3) is 7.10. The zero-order valence-corrected chi connectivity index (χ0v) is 18.2. The van der Waals surface area contributed by atoms with Crippen LogP contribution in [0, 0.1) is 0 Å². The topological polar surface area (TPSA) is 74.6 Å². The van der Waals surface area contributed by atoms with Gasteiger partial charge in [-0.1, -0.05) is 0 Å². The van der Waals surface area contributed by atoms with Gasteiger partial charge in [0.2, 0.25) is 0 Å². The van der Waals surface area contributed by atoms with Crippen LogP contribution in [0.5, 0.6) is 0 Å². The average Bonchev–Trinajstić information content (AvgIpc) is 2.04. The summed E-state index contributed by atoms with van der Waals surface area (Å²) in [6.07, 6.45) is 0. The molecule has 1 aromatic rings. The minimum Gasteiger partial charge on any atom is -1.00 e. The smallest absolute Gasteiger partial charge is 1.00 e. The molecule has 68 valence electrons. The first kappa shape index (κ1) is 21.4. The summed E-state index contributed by atoms with van der Waals surface area (Å²) >= 11 is 0. The fraction of sp³-hybridized carbons (Fsp3) is 0. The Bertz CT molecular complexity index is 302. The van der Waals surface area contributed by atoms with Gasteiger partial charge in [0.25, 0.3) is 0 Å². The van der Waals surface area contributed by atoms with Crippen molar-refractivity contribution in [3.05, 3.63) is 35.4 Å². The first-order valence-corrected chi connectivity index (χ1v) is 3.18. The van der Waals surface area contributed by atoms with Gasteiger partial charge in [0.05, 0.1) is 11.1 Å². The van der Waals surface area contributed by atoms with Crippen LogP contribution in [0.15, 0.2) is 24.3 Å². The van der Waals surface area contributed by atoms with Gasteiger partial charge >= 0.3 is 71.1 Å². The number of carboxylic acid groups (broad SMARTS) is 2. The first-order valence-electron chi connectivity index (χ1n) is 3.18. The summed E-state index contributed by atoms with van der Waals surface area (Å²) in [5.74, 6) is -2.13. The Kier molecular flexibility index (Phi) is 14.6. The van der Waals surface area contributed by atoms with E-state index in [2.05, 4.69) is 0 Å². The number of hydrogen-bond donors (Lipinski definition) is 2. The summed E-state index contributed by atoms with van der Waals surface area (Å²) in [7, 11) is 0. The molecule has 0 saturated carbocycles. The number of rotatable bonds is 2. The van der Waals surface area contributed by atoms with Crippen LogP contribution in [0.1, 0.15) is 23.6 Å². The van der Waals surface area contributed by atoms with E-state index in [4.69, 9.17) is 10.2 Å². The molecule has 7 heteroatoms. The minimum absolute atomic E-state index is 0. The first-order chi connectivity index (χ1) is 5.61. The van der Waals surface area contributed by atoms with Crippen LogP contribution in [0.2, 0.25) is 0 Å². The molecule has 0 aliphatic rings. The van der Waals surface area contributed by atoms with Gasteiger partial charge in [0.1, 0.15) is 0 Å². The molecule has 0 aliphatic heterocycles. The third-order valence-electron chi connectivity index (χ3n) is 1.38. The van der Waals surface area contributed by atoms with Gasteiger partial charge in [-0.25, -0.2) is 9.59 Å². The van der Waals surface area contributed by atoms with Crippen LogP contribution in [-0.2, 0) is 27.7 Å². The Morgan fingerprint density at radius 1 is 0.867 bits per heavy atom. The van der Waals surface area contributed by atoms with E-state index in [-0.39, 0.29) is 101 Å². The van der Waals surface area contributed by atoms with Gasteiger partial charge in [-0.2, -0.15) is 0 Å². The standard InChI is InChI=1S/C8H6O4.Hg.2Na.2H/c9-7(10)5-1-2-6(4-3-5)8(11)12;;;;;/h1-4H,(H,9,10)(H,11,12);;;;;/q;;2*+1;2*-1. The van der Waals surface area contributed by atoms with Crippen molar-refractivity contribution in [2.45, 2.75) is 0 Å². The van der Waals surface area contributed by atoms with Crippen molar-refractivity contribution in [1.82, 2.24) is 0 Å². The maximum Gasteiger partial charge on any atom is 1.00 e. The maximum absolute atomic E-state index is 10.3. The molecule has 1 aromatic carbocycles. The number of carbonyl (C=O) groups is 2. The minimum atomic E-state index is -1.06. The van der Waals surface area contributed by atoms with E-state index in [0.717, 1.165) is 0 Å². The van der Waals surface area contributed by atoms with Crippen molar-refractivity contribution in [3.63, 3.8) is 0 Å². The molecular formula is C8H8HgNa2O4. The van der Waals surface area contributed by atoms with Crippen LogP contribution in [0.4, 0.5) is 0 Å². The van der Waals surface area contributed by atoms with Gasteiger partial charge in [0.15, 0.2) is 0 Å². The van der Waals surface area contributed by atoms with Crippen LogP contribution in [0.3, 0.4) is 0 Å². The summed E-state index contributed by atoms with van der Waals surface area (Å²) in [5, 5.41) is 16.9. The SMILES string of the molecule is O=C(O)c1ccc(C(=O)O)cc1.[H-].[H-].[Hg].[Na+].[Na+]. The van der Waals surface area contributed by atoms with E-state index >= 15 is 0 Å². The molecule has 0 bridgehead atoms. The summed E-state index contributed by atoms with van der Waals surface area (Å²) in [4.78, 5) is 20.7. The number of carboxylic acids is 2. The summed E-state index contributed by atoms with van der Waals surface area (Å²) < 4.78 is 0. The largest absolute Gasteiger partial charge is 1.00 e. The van der Waals surface area contributed by atoms with Gasteiger partial charge in [-0.05, 0) is 24.3 Å². The molecule has 0 aromatic heterocycles. The van der Waals surface area contributed by atoms with Crippen LogP contribution >= 0.6 is 0 Å². The predicted molar refractivity (Wildman–Crippen MR) is 42.6 cm³/mol. The van der Waals surface area contributed by atoms with Crippen molar-refractivity contribution in [2.75, 3.05) is 0 Å².